The van der Waals surface area contributed by atoms with Crippen molar-refractivity contribution in [3.63, 3.8) is 0 Å². The van der Waals surface area contributed by atoms with Gasteiger partial charge in [-0.1, -0.05) is 30.3 Å². The van der Waals surface area contributed by atoms with E-state index in [9.17, 15) is 13.2 Å². The Morgan fingerprint density at radius 1 is 1.17 bits per heavy atom. The van der Waals surface area contributed by atoms with Crippen molar-refractivity contribution in [1.29, 1.82) is 0 Å². The van der Waals surface area contributed by atoms with Crippen LogP contribution < -0.4 is 10.0 Å². The quantitative estimate of drug-likeness (QED) is 0.857. The van der Waals surface area contributed by atoms with Crippen LogP contribution in [0.2, 0.25) is 0 Å². The van der Waals surface area contributed by atoms with Crippen molar-refractivity contribution in [2.75, 3.05) is 11.9 Å². The molecule has 1 atom stereocenters. The average Bonchev–Trinajstić information content (AvgIpc) is 2.56. The van der Waals surface area contributed by atoms with Gasteiger partial charge in [0.25, 0.3) is 0 Å². The van der Waals surface area contributed by atoms with Gasteiger partial charge in [0.05, 0.1) is 15.8 Å². The molecule has 0 radical (unpaired) electrons. The molecule has 1 aliphatic rings. The average molecular weight is 362 g/mol. The largest absolute Gasteiger partial charge is 0.324 e. The third kappa shape index (κ3) is 3.80. The molecule has 0 aliphatic carbocycles. The summed E-state index contributed by atoms with van der Waals surface area (Å²) in [6, 6.07) is 14.5. The SMILES string of the molecule is C[C@@H]1Sc2ccc(S(=O)(=O)NCCc3ccccc3)cc2NC1=O. The van der Waals surface area contributed by atoms with E-state index in [1.807, 2.05) is 37.3 Å². The van der Waals surface area contributed by atoms with Crippen molar-refractivity contribution in [2.24, 2.45) is 0 Å². The van der Waals surface area contributed by atoms with Gasteiger partial charge in [-0.3, -0.25) is 4.79 Å². The van der Waals surface area contributed by atoms with Crippen molar-refractivity contribution in [3.05, 3.63) is 54.1 Å². The Balaban J connectivity index is 1.71. The lowest BCUT2D eigenvalue weighted by Crippen LogP contribution is -2.28. The molecule has 2 aromatic carbocycles. The molecule has 0 spiro atoms. The topological polar surface area (TPSA) is 75.3 Å². The van der Waals surface area contributed by atoms with E-state index < -0.39 is 10.0 Å². The van der Waals surface area contributed by atoms with E-state index in [0.717, 1.165) is 10.5 Å². The highest BCUT2D eigenvalue weighted by Gasteiger charge is 2.24. The van der Waals surface area contributed by atoms with Gasteiger partial charge in [-0.25, -0.2) is 13.1 Å². The molecule has 0 bridgehead atoms. The molecular formula is C17H18N2O3S2. The second kappa shape index (κ2) is 6.96. The van der Waals surface area contributed by atoms with Crippen LogP contribution in [0.3, 0.4) is 0 Å². The van der Waals surface area contributed by atoms with Gasteiger partial charge in [-0.15, -0.1) is 11.8 Å². The fourth-order valence-corrected chi connectivity index (χ4v) is 4.40. The van der Waals surface area contributed by atoms with Crippen LogP contribution in [0, 0.1) is 0 Å². The summed E-state index contributed by atoms with van der Waals surface area (Å²) in [6.45, 7) is 2.14. The number of sulfonamides is 1. The summed E-state index contributed by atoms with van der Waals surface area (Å²) < 4.78 is 27.5. The minimum absolute atomic E-state index is 0.112. The summed E-state index contributed by atoms with van der Waals surface area (Å²) >= 11 is 1.43. The minimum atomic E-state index is -3.61. The molecule has 0 unspecified atom stereocenters. The third-order valence-corrected chi connectivity index (χ3v) is 6.38. The first kappa shape index (κ1) is 17.0. The zero-order chi connectivity index (χ0) is 17.2. The number of fused-ring (bicyclic) bond motifs is 1. The summed E-state index contributed by atoms with van der Waals surface area (Å²) in [7, 11) is -3.61. The number of nitrogens with one attached hydrogen (secondary N) is 2. The number of hydrogen-bond donors (Lipinski definition) is 2. The highest BCUT2D eigenvalue weighted by molar-refractivity contribution is 8.01. The number of carbonyl (C=O) groups excluding carboxylic acids is 1. The molecule has 0 saturated heterocycles. The lowest BCUT2D eigenvalue weighted by Gasteiger charge is -2.21. The van der Waals surface area contributed by atoms with Crippen LogP contribution in [-0.2, 0) is 21.2 Å². The normalized spacial score (nSPS) is 17.2. The standard InChI is InChI=1S/C17H18N2O3S2/c1-12-17(20)19-15-11-14(7-8-16(15)23-12)24(21,22)18-10-9-13-5-3-2-4-6-13/h2-8,11-12,18H,9-10H2,1H3,(H,19,20)/t12-/m0/s1. The van der Waals surface area contributed by atoms with Gasteiger partial charge < -0.3 is 5.32 Å². The van der Waals surface area contributed by atoms with E-state index in [2.05, 4.69) is 10.0 Å². The van der Waals surface area contributed by atoms with Gasteiger partial charge in [0.1, 0.15) is 0 Å². The Kier molecular flexibility index (Phi) is 4.93. The Morgan fingerprint density at radius 3 is 2.67 bits per heavy atom. The molecular weight excluding hydrogens is 344 g/mol. The molecule has 1 amide bonds. The lowest BCUT2D eigenvalue weighted by atomic mass is 10.2. The van der Waals surface area contributed by atoms with Crippen LogP contribution in [0.4, 0.5) is 5.69 Å². The fraction of sp³-hybridized carbons (Fsp3) is 0.235. The van der Waals surface area contributed by atoms with Gasteiger partial charge in [0.2, 0.25) is 15.9 Å². The van der Waals surface area contributed by atoms with Crippen LogP contribution >= 0.6 is 11.8 Å². The van der Waals surface area contributed by atoms with Crippen molar-refractivity contribution in [1.82, 2.24) is 4.72 Å². The van der Waals surface area contributed by atoms with E-state index in [4.69, 9.17) is 0 Å². The maximum atomic E-state index is 12.4. The van der Waals surface area contributed by atoms with Crippen LogP contribution in [-0.4, -0.2) is 26.1 Å². The molecule has 0 saturated carbocycles. The van der Waals surface area contributed by atoms with Crippen molar-refractivity contribution < 1.29 is 13.2 Å². The maximum absolute atomic E-state index is 12.4. The third-order valence-electron chi connectivity index (χ3n) is 3.74. The van der Waals surface area contributed by atoms with Gasteiger partial charge in [-0.05, 0) is 37.1 Å². The smallest absolute Gasteiger partial charge is 0.240 e. The van der Waals surface area contributed by atoms with E-state index >= 15 is 0 Å². The molecule has 3 rings (SSSR count). The zero-order valence-corrected chi connectivity index (χ0v) is 14.8. The number of carbonyl (C=O) groups is 1. The van der Waals surface area contributed by atoms with E-state index in [1.165, 1.54) is 17.8 Å². The highest BCUT2D eigenvalue weighted by Crippen LogP contribution is 2.36. The minimum Gasteiger partial charge on any atom is -0.324 e. The second-order valence-electron chi connectivity index (χ2n) is 5.54. The summed E-state index contributed by atoms with van der Waals surface area (Å²) in [6.07, 6.45) is 0.620. The number of amides is 1. The number of anilines is 1. The number of rotatable bonds is 5. The van der Waals surface area contributed by atoms with Crippen LogP contribution in [0.1, 0.15) is 12.5 Å². The first-order valence-electron chi connectivity index (χ1n) is 7.61. The van der Waals surface area contributed by atoms with E-state index in [-0.39, 0.29) is 16.1 Å². The molecule has 0 aromatic heterocycles. The lowest BCUT2D eigenvalue weighted by molar-refractivity contribution is -0.115. The molecule has 1 heterocycles. The molecule has 0 fully saturated rings. The first-order chi connectivity index (χ1) is 11.5. The predicted octanol–water partition coefficient (Wildman–Crippen LogP) is 2.64. The van der Waals surface area contributed by atoms with Gasteiger partial charge in [0.15, 0.2) is 0 Å². The number of hydrogen-bond acceptors (Lipinski definition) is 4. The molecule has 7 heteroatoms. The molecule has 5 nitrogen and oxygen atoms in total. The van der Waals surface area contributed by atoms with Crippen molar-refractivity contribution in [2.45, 2.75) is 28.4 Å². The molecule has 24 heavy (non-hydrogen) atoms. The summed E-state index contributed by atoms with van der Waals surface area (Å²) in [5.74, 6) is -0.112. The van der Waals surface area contributed by atoms with E-state index in [0.29, 0.717) is 18.7 Å². The second-order valence-corrected chi connectivity index (χ2v) is 8.69. The zero-order valence-electron chi connectivity index (χ0n) is 13.2. The van der Waals surface area contributed by atoms with Crippen molar-refractivity contribution >= 4 is 33.4 Å². The van der Waals surface area contributed by atoms with Crippen molar-refractivity contribution in [3.8, 4) is 0 Å². The Bertz CT molecular complexity index is 851. The Morgan fingerprint density at radius 2 is 1.92 bits per heavy atom. The van der Waals surface area contributed by atoms with Gasteiger partial charge in [0, 0.05) is 11.4 Å². The first-order valence-corrected chi connectivity index (χ1v) is 9.97. The van der Waals surface area contributed by atoms with Crippen LogP contribution in [0.25, 0.3) is 0 Å². The summed E-state index contributed by atoms with van der Waals surface area (Å²) in [5.41, 5.74) is 1.62. The molecule has 1 aliphatic heterocycles. The summed E-state index contributed by atoms with van der Waals surface area (Å²) in [4.78, 5) is 12.8. The monoisotopic (exact) mass is 362 g/mol. The Labute approximate surface area is 145 Å². The van der Waals surface area contributed by atoms with Crippen LogP contribution in [0.15, 0.2) is 58.3 Å². The van der Waals surface area contributed by atoms with E-state index in [1.54, 1.807) is 12.1 Å². The molecule has 126 valence electrons. The molecule has 2 aromatic rings. The number of thioether (sulfide) groups is 1. The number of benzene rings is 2. The van der Waals surface area contributed by atoms with Crippen LogP contribution in [0.5, 0.6) is 0 Å². The maximum Gasteiger partial charge on any atom is 0.240 e. The van der Waals surface area contributed by atoms with Gasteiger partial charge in [-0.2, -0.15) is 0 Å². The fourth-order valence-electron chi connectivity index (χ4n) is 2.41. The Hall–Kier alpha value is -1.83. The summed E-state index contributed by atoms with van der Waals surface area (Å²) in [5, 5.41) is 2.58. The highest BCUT2D eigenvalue weighted by atomic mass is 32.2. The molecule has 2 N–H and O–H groups in total. The predicted molar refractivity (Wildman–Crippen MR) is 95.7 cm³/mol. The van der Waals surface area contributed by atoms with Gasteiger partial charge >= 0.3 is 0 Å².